The number of nitro groups is 1. The Labute approximate surface area is 290 Å². The Morgan fingerprint density at radius 2 is 1.78 bits per heavy atom. The quantitative estimate of drug-likeness (QED) is 0.109. The van der Waals surface area contributed by atoms with E-state index in [0.717, 1.165) is 30.8 Å². The van der Waals surface area contributed by atoms with Crippen LogP contribution in [0.5, 0.6) is 23.0 Å². The third-order valence-electron chi connectivity index (χ3n) is 9.02. The first kappa shape index (κ1) is 36.3. The maximum absolute atomic E-state index is 13.8. The average molecular weight is 703 g/mol. The number of aliphatic hydroxyl groups is 1. The van der Waals surface area contributed by atoms with Crippen LogP contribution in [0, 0.1) is 10.1 Å². The van der Waals surface area contributed by atoms with Gasteiger partial charge >= 0.3 is 0 Å². The summed E-state index contributed by atoms with van der Waals surface area (Å²) in [4.78, 5) is 41.9. The van der Waals surface area contributed by atoms with Crippen molar-refractivity contribution < 1.29 is 43.3 Å². The van der Waals surface area contributed by atoms with Gasteiger partial charge in [-0.3, -0.25) is 19.7 Å². The zero-order valence-electron chi connectivity index (χ0n) is 28.5. The fraction of sp³-hybridized carbons (Fsp3) is 0.588. The highest BCUT2D eigenvalue weighted by Crippen LogP contribution is 2.39. The number of hydrogen-bond acceptors (Lipinski definition) is 12. The van der Waals surface area contributed by atoms with Gasteiger partial charge in [-0.05, 0) is 50.8 Å². The van der Waals surface area contributed by atoms with Crippen LogP contribution in [0.1, 0.15) is 66.7 Å². The first-order valence-electron chi connectivity index (χ1n) is 16.8. The molecule has 4 atom stereocenters. The molecule has 0 radical (unpaired) electrons. The van der Waals surface area contributed by atoms with Crippen LogP contribution in [0.25, 0.3) is 0 Å². The molecule has 5 rings (SSSR count). The Kier molecular flexibility index (Phi) is 12.3. The van der Waals surface area contributed by atoms with Gasteiger partial charge in [-0.1, -0.05) is 6.92 Å². The van der Waals surface area contributed by atoms with Crippen molar-refractivity contribution in [3.05, 3.63) is 45.5 Å². The molecule has 0 spiro atoms. The van der Waals surface area contributed by atoms with Crippen LogP contribution in [0.3, 0.4) is 0 Å². The lowest BCUT2D eigenvalue weighted by atomic mass is 10.1. The highest BCUT2D eigenvalue weighted by molar-refractivity contribution is 7.99. The predicted octanol–water partition coefficient (Wildman–Crippen LogP) is 4.57. The average Bonchev–Trinajstić information content (AvgIpc) is 3.71. The molecule has 2 aromatic rings. The first-order chi connectivity index (χ1) is 23.7. The largest absolute Gasteiger partial charge is 0.493 e. The molecule has 0 aliphatic carbocycles. The number of likely N-dealkylation sites (tertiary alicyclic amines) is 1. The van der Waals surface area contributed by atoms with Gasteiger partial charge in [0.1, 0.15) is 11.0 Å². The van der Waals surface area contributed by atoms with Gasteiger partial charge in [0.15, 0.2) is 23.0 Å². The Morgan fingerprint density at radius 3 is 2.43 bits per heavy atom. The van der Waals surface area contributed by atoms with Crippen molar-refractivity contribution >= 4 is 35.0 Å². The van der Waals surface area contributed by atoms with Gasteiger partial charge in [-0.15, -0.1) is 11.8 Å². The molecule has 3 aliphatic rings. The van der Waals surface area contributed by atoms with E-state index in [1.807, 2.05) is 24.8 Å². The molecule has 14 nitrogen and oxygen atoms in total. The number of benzene rings is 2. The molecule has 0 aromatic heterocycles. The number of carbonyl (C=O) groups excluding carboxylic acids is 2. The summed E-state index contributed by atoms with van der Waals surface area (Å²) < 4.78 is 28.8. The number of nitrogens with zero attached hydrogens (tertiary/aromatic N) is 3. The lowest BCUT2D eigenvalue weighted by Gasteiger charge is -2.30. The number of β-amino-alcohol motifs (C(OH)–C–C–N with tert-alkyl or cyclic N) is 1. The zero-order chi connectivity index (χ0) is 35.1. The Bertz CT molecular complexity index is 1500. The second kappa shape index (κ2) is 16.6. The number of anilines is 1. The normalized spacial score (nSPS) is 20.6. The van der Waals surface area contributed by atoms with E-state index in [-0.39, 0.29) is 47.6 Å². The number of unbranched alkanes of at least 4 members (excludes halogenated alkanes) is 1. The van der Waals surface area contributed by atoms with Gasteiger partial charge in [0.25, 0.3) is 17.5 Å². The van der Waals surface area contributed by atoms with Gasteiger partial charge in [0, 0.05) is 44.4 Å². The van der Waals surface area contributed by atoms with E-state index < -0.39 is 28.7 Å². The number of ether oxygens (including phenoxy) is 5. The Hall–Kier alpha value is -3.95. The third kappa shape index (κ3) is 8.10. The van der Waals surface area contributed by atoms with Crippen molar-refractivity contribution in [3.63, 3.8) is 0 Å². The molecule has 3 heterocycles. The van der Waals surface area contributed by atoms with E-state index in [4.69, 9.17) is 23.7 Å². The van der Waals surface area contributed by atoms with E-state index >= 15 is 0 Å². The number of nitro benzene ring substituents is 1. The van der Waals surface area contributed by atoms with E-state index in [1.54, 1.807) is 6.07 Å². The monoisotopic (exact) mass is 702 g/mol. The number of carbonyl (C=O) groups is 2. The summed E-state index contributed by atoms with van der Waals surface area (Å²) in [6, 6.07) is 5.81. The summed E-state index contributed by atoms with van der Waals surface area (Å²) in [6.45, 7) is 6.31. The lowest BCUT2D eigenvalue weighted by Crippen LogP contribution is -2.43. The molecule has 2 fully saturated rings. The maximum Gasteiger partial charge on any atom is 0.286 e. The van der Waals surface area contributed by atoms with Crippen molar-refractivity contribution in [3.8, 4) is 23.0 Å². The highest BCUT2D eigenvalue weighted by Gasteiger charge is 2.42. The van der Waals surface area contributed by atoms with Crippen LogP contribution in [0.2, 0.25) is 0 Å². The summed E-state index contributed by atoms with van der Waals surface area (Å²) in [6.07, 6.45) is 2.68. The van der Waals surface area contributed by atoms with Crippen LogP contribution in [0.4, 0.5) is 11.4 Å². The molecule has 3 aliphatic heterocycles. The number of methoxy groups -OCH3 is 2. The summed E-state index contributed by atoms with van der Waals surface area (Å²) in [5, 5.41) is 26.0. The van der Waals surface area contributed by atoms with Gasteiger partial charge in [-0.25, -0.2) is 0 Å². The number of rotatable bonds is 16. The minimum absolute atomic E-state index is 0.00196. The number of aliphatic hydroxyl groups excluding tert-OH is 1. The number of nitrogens with one attached hydrogen (secondary N) is 1. The molecule has 2 amide bonds. The number of hydrogen-bond donors (Lipinski definition) is 2. The maximum atomic E-state index is 13.8. The molecule has 15 heteroatoms. The van der Waals surface area contributed by atoms with Crippen molar-refractivity contribution in [2.24, 2.45) is 0 Å². The first-order valence-corrected chi connectivity index (χ1v) is 17.9. The zero-order valence-corrected chi connectivity index (χ0v) is 29.3. The van der Waals surface area contributed by atoms with Crippen molar-refractivity contribution in [1.82, 2.24) is 9.80 Å². The minimum atomic E-state index is -0.765. The SMILES string of the molecule is CCOC(SCC)[C@@H]1C[C@@H](O)CN1C(=O)c1cc(OC)c(OCCCCOc2cc3c(cc2OC)C(=O)N2CCC[C@H]2CN3)cc1[N+](=O)[O-]. The number of amides is 2. The third-order valence-corrected chi connectivity index (χ3v) is 10.1. The standard InChI is InChI=1S/C34H46N4O10S/c1-5-46-34(49-6-2)27-14-22(39)20-37(27)33(41)24-16-29(45-4)31(18-26(24)38(42)43)48-13-8-7-12-47-30-17-25-23(15-28(30)44-3)32(40)36-11-9-10-21(36)19-35-25/h15-18,21-22,27,34-35,39H,5-14,19-20H2,1-4H3/t21-,22+,27-,34?/m0/s1. The van der Waals surface area contributed by atoms with Crippen molar-refractivity contribution in [2.75, 3.05) is 64.7 Å². The van der Waals surface area contributed by atoms with Gasteiger partial charge in [-0.2, -0.15) is 0 Å². The molecule has 2 N–H and O–H groups in total. The number of thioether (sulfide) groups is 1. The van der Waals surface area contributed by atoms with Crippen LogP contribution in [-0.2, 0) is 4.74 Å². The van der Waals surface area contributed by atoms with Gasteiger partial charge in [0.2, 0.25) is 0 Å². The topological polar surface area (TPSA) is 162 Å². The second-order valence-electron chi connectivity index (χ2n) is 12.1. The smallest absolute Gasteiger partial charge is 0.286 e. The van der Waals surface area contributed by atoms with Crippen molar-refractivity contribution in [1.29, 1.82) is 0 Å². The van der Waals surface area contributed by atoms with Crippen LogP contribution in [-0.4, -0.2) is 115 Å². The molecule has 0 bridgehead atoms. The minimum Gasteiger partial charge on any atom is -0.493 e. The fourth-order valence-corrected chi connectivity index (χ4v) is 7.69. The predicted molar refractivity (Wildman–Crippen MR) is 184 cm³/mol. The van der Waals surface area contributed by atoms with E-state index in [9.17, 15) is 24.8 Å². The molecule has 49 heavy (non-hydrogen) atoms. The molecule has 2 saturated heterocycles. The summed E-state index contributed by atoms with van der Waals surface area (Å²) in [5.74, 6) is 1.48. The summed E-state index contributed by atoms with van der Waals surface area (Å²) >= 11 is 1.52. The molecular formula is C34H46N4O10S. The Morgan fingerprint density at radius 1 is 1.08 bits per heavy atom. The van der Waals surface area contributed by atoms with E-state index in [1.165, 1.54) is 43.0 Å². The van der Waals surface area contributed by atoms with Crippen LogP contribution in [0.15, 0.2) is 24.3 Å². The molecule has 1 unspecified atom stereocenters. The molecular weight excluding hydrogens is 656 g/mol. The second-order valence-corrected chi connectivity index (χ2v) is 13.5. The highest BCUT2D eigenvalue weighted by atomic mass is 32.2. The van der Waals surface area contributed by atoms with Crippen LogP contribution < -0.4 is 24.3 Å². The van der Waals surface area contributed by atoms with E-state index in [0.29, 0.717) is 56.1 Å². The summed E-state index contributed by atoms with van der Waals surface area (Å²) in [7, 11) is 2.94. The van der Waals surface area contributed by atoms with E-state index in [2.05, 4.69) is 5.32 Å². The molecule has 268 valence electrons. The summed E-state index contributed by atoms with van der Waals surface area (Å²) in [5.41, 5.74) is 0.355. The Balaban J connectivity index is 1.21. The molecule has 2 aromatic carbocycles. The van der Waals surface area contributed by atoms with Crippen molar-refractivity contribution in [2.45, 2.75) is 69.6 Å². The molecule has 0 saturated carbocycles. The van der Waals surface area contributed by atoms with Gasteiger partial charge < -0.3 is 43.9 Å². The number of fused-ring (bicyclic) bond motifs is 2. The fourth-order valence-electron chi connectivity index (χ4n) is 6.65. The lowest BCUT2D eigenvalue weighted by molar-refractivity contribution is -0.385. The van der Waals surface area contributed by atoms with Gasteiger partial charge in [0.05, 0.1) is 61.8 Å². The van der Waals surface area contributed by atoms with Crippen LogP contribution >= 0.6 is 11.8 Å².